The molecule has 254 valence electrons. The van der Waals surface area contributed by atoms with Gasteiger partial charge in [-0.05, 0) is 18.1 Å². The van der Waals surface area contributed by atoms with Crippen molar-refractivity contribution < 1.29 is 37.6 Å². The lowest BCUT2D eigenvalue weighted by atomic mass is 10.2. The van der Waals surface area contributed by atoms with E-state index in [1.807, 2.05) is 38.1 Å². The highest BCUT2D eigenvalue weighted by molar-refractivity contribution is 8.77. The Hall–Kier alpha value is -1.80. The van der Waals surface area contributed by atoms with E-state index in [0.717, 1.165) is 0 Å². The highest BCUT2D eigenvalue weighted by Gasteiger charge is 2.18. The first-order valence-corrected chi connectivity index (χ1v) is 17.2. The Morgan fingerprint density at radius 3 is 2.37 bits per heavy atom. The standard InChI is InChI=1S/C29H49N3O7S2.C2H6.3H2/c1-23(2)8-7-13-31-27(34)21-37-18-19-38-28(40-41-29(3,4)5)22-39-25-10-6-9-24(20-25)32-26(33)11-14-35-16-17-36-15-12-30;1-2;;;/h6-10,20,23,28H,11-19,21-22,30H2,1-5H3,(H,31,34)(H,32,33);1-2H3;3*1H/b8-7+;;;;. The minimum Gasteiger partial charge on any atom is -0.490 e. The van der Waals surface area contributed by atoms with Gasteiger partial charge in [-0.15, -0.1) is 0 Å². The molecule has 1 atom stereocenters. The predicted molar refractivity (Wildman–Crippen MR) is 186 cm³/mol. The summed E-state index contributed by atoms with van der Waals surface area (Å²) in [5, 5.41) is 5.66. The molecule has 0 aliphatic heterocycles. The minimum atomic E-state index is -0.262. The van der Waals surface area contributed by atoms with Gasteiger partial charge in [-0.2, -0.15) is 0 Å². The van der Waals surface area contributed by atoms with Crippen LogP contribution in [-0.4, -0.2) is 87.9 Å². The van der Waals surface area contributed by atoms with E-state index in [2.05, 4.69) is 45.3 Å². The van der Waals surface area contributed by atoms with Crippen molar-refractivity contribution in [1.82, 2.24) is 5.32 Å². The Bertz CT molecular complexity index is 899. The molecule has 1 aromatic rings. The maximum Gasteiger partial charge on any atom is 0.246 e. The van der Waals surface area contributed by atoms with Gasteiger partial charge in [0.2, 0.25) is 11.8 Å². The van der Waals surface area contributed by atoms with Crippen molar-refractivity contribution in [3.63, 3.8) is 0 Å². The summed E-state index contributed by atoms with van der Waals surface area (Å²) in [6, 6.07) is 7.23. The third-order valence-electron chi connectivity index (χ3n) is 4.72. The van der Waals surface area contributed by atoms with Crippen LogP contribution < -0.4 is 21.1 Å². The van der Waals surface area contributed by atoms with Crippen molar-refractivity contribution >= 4 is 39.1 Å². The molecule has 1 aromatic carbocycles. The number of carbonyl (C=O) groups is 2. The summed E-state index contributed by atoms with van der Waals surface area (Å²) in [5.74, 6) is 0.753. The number of amides is 2. The van der Waals surface area contributed by atoms with E-state index >= 15 is 0 Å². The van der Waals surface area contributed by atoms with Gasteiger partial charge in [0.15, 0.2) is 0 Å². The topological polar surface area (TPSA) is 130 Å². The van der Waals surface area contributed by atoms with Gasteiger partial charge in [0.05, 0.1) is 46.1 Å². The molecule has 0 fully saturated rings. The first kappa shape index (κ1) is 41.2. The number of hydrogen-bond acceptors (Lipinski definition) is 10. The minimum absolute atomic E-state index is 0. The fraction of sp³-hybridized carbons (Fsp3) is 0.677. The van der Waals surface area contributed by atoms with E-state index in [0.29, 0.717) is 76.7 Å². The van der Waals surface area contributed by atoms with Crippen molar-refractivity contribution in [3.8, 4) is 5.75 Å². The second-order valence-electron chi connectivity index (χ2n) is 10.3. The lowest BCUT2D eigenvalue weighted by molar-refractivity contribution is -0.126. The molecule has 1 rings (SSSR count). The summed E-state index contributed by atoms with van der Waals surface area (Å²) < 4.78 is 28.1. The van der Waals surface area contributed by atoms with Gasteiger partial charge in [0.1, 0.15) is 24.4 Å². The van der Waals surface area contributed by atoms with E-state index in [1.54, 1.807) is 33.7 Å². The molecule has 4 N–H and O–H groups in total. The first-order valence-electron chi connectivity index (χ1n) is 14.9. The summed E-state index contributed by atoms with van der Waals surface area (Å²) in [6.07, 6.45) is 4.21. The molecule has 0 aromatic heterocycles. The fourth-order valence-electron chi connectivity index (χ4n) is 2.89. The Balaban J connectivity index is -0.00000173. The van der Waals surface area contributed by atoms with Crippen LogP contribution in [-0.2, 0) is 28.5 Å². The number of ether oxygens (including phenoxy) is 5. The Labute approximate surface area is 271 Å². The summed E-state index contributed by atoms with van der Waals surface area (Å²) >= 11 is 0. The van der Waals surface area contributed by atoms with Crippen LogP contribution in [0.1, 0.15) is 59.2 Å². The van der Waals surface area contributed by atoms with Crippen molar-refractivity contribution in [2.45, 2.75) is 65.1 Å². The van der Waals surface area contributed by atoms with Gasteiger partial charge in [-0.3, -0.25) is 9.59 Å². The molecular weight excluding hydrogens is 590 g/mol. The summed E-state index contributed by atoms with van der Waals surface area (Å²) in [4.78, 5) is 24.1. The maximum atomic E-state index is 12.3. The molecule has 0 radical (unpaired) electrons. The Kier molecular flexibility index (Phi) is 25.5. The zero-order valence-electron chi connectivity index (χ0n) is 27.1. The van der Waals surface area contributed by atoms with Gasteiger partial charge in [-0.1, -0.05) is 88.3 Å². The van der Waals surface area contributed by atoms with Crippen LogP contribution in [0.3, 0.4) is 0 Å². The third-order valence-corrected chi connectivity index (χ3v) is 8.24. The molecule has 0 spiro atoms. The average Bonchev–Trinajstić information content (AvgIpc) is 2.96. The van der Waals surface area contributed by atoms with Gasteiger partial charge in [0, 0.05) is 33.9 Å². The van der Waals surface area contributed by atoms with Gasteiger partial charge >= 0.3 is 0 Å². The number of anilines is 1. The van der Waals surface area contributed by atoms with Crippen LogP contribution >= 0.6 is 21.6 Å². The molecule has 1 unspecified atom stereocenters. The van der Waals surface area contributed by atoms with E-state index in [-0.39, 0.29) is 39.3 Å². The molecule has 0 saturated heterocycles. The van der Waals surface area contributed by atoms with Crippen LogP contribution in [0.5, 0.6) is 5.75 Å². The molecule has 0 saturated carbocycles. The molecule has 0 heterocycles. The van der Waals surface area contributed by atoms with Crippen LogP contribution in [0.4, 0.5) is 5.69 Å². The number of hydrogen-bond donors (Lipinski definition) is 3. The number of rotatable bonds is 23. The normalized spacial score (nSPS) is 12.1. The van der Waals surface area contributed by atoms with E-state index < -0.39 is 0 Å². The highest BCUT2D eigenvalue weighted by atomic mass is 33.1. The highest BCUT2D eigenvalue weighted by Crippen LogP contribution is 2.38. The van der Waals surface area contributed by atoms with Crippen LogP contribution in [0.2, 0.25) is 0 Å². The SMILES string of the molecule is CC.CC(C)/C=C/CNC(=O)COCCOC(COc1cccc(NC(=O)CCOCCOCCN)c1)SSC(C)(C)C.[HH].[HH].[HH]. The fourth-order valence-corrected chi connectivity index (χ4v) is 5.08. The van der Waals surface area contributed by atoms with E-state index in [9.17, 15) is 9.59 Å². The first-order chi connectivity index (χ1) is 20.6. The molecule has 43 heavy (non-hydrogen) atoms. The smallest absolute Gasteiger partial charge is 0.246 e. The van der Waals surface area contributed by atoms with Crippen molar-refractivity contribution in [2.24, 2.45) is 11.7 Å². The molecule has 0 bridgehead atoms. The van der Waals surface area contributed by atoms with E-state index in [1.165, 1.54) is 0 Å². The lowest BCUT2D eigenvalue weighted by Crippen LogP contribution is -2.28. The van der Waals surface area contributed by atoms with Gasteiger partial charge < -0.3 is 40.1 Å². The molecule has 0 aliphatic carbocycles. The maximum absolute atomic E-state index is 12.3. The number of benzene rings is 1. The molecule has 10 nitrogen and oxygen atoms in total. The third kappa shape index (κ3) is 26.3. The number of allylic oxidation sites excluding steroid dienone is 1. The van der Waals surface area contributed by atoms with Crippen LogP contribution in [0.15, 0.2) is 36.4 Å². The summed E-state index contributed by atoms with van der Waals surface area (Å²) in [7, 11) is 3.29. The quantitative estimate of drug-likeness (QED) is 0.0559. The predicted octanol–water partition coefficient (Wildman–Crippen LogP) is 6.02. The summed E-state index contributed by atoms with van der Waals surface area (Å²) in [6.45, 7) is 18.1. The van der Waals surface area contributed by atoms with E-state index in [4.69, 9.17) is 29.4 Å². The lowest BCUT2D eigenvalue weighted by Gasteiger charge is -2.22. The van der Waals surface area contributed by atoms with Gasteiger partial charge in [0.25, 0.3) is 0 Å². The molecular formula is C31H61N3O7S2. The number of nitrogens with two attached hydrogens (primary N) is 1. The zero-order chi connectivity index (χ0) is 32.3. The second kappa shape index (κ2) is 26.6. The van der Waals surface area contributed by atoms with Crippen molar-refractivity contribution in [1.29, 1.82) is 0 Å². The molecule has 12 heteroatoms. The van der Waals surface area contributed by atoms with Crippen LogP contribution in [0.25, 0.3) is 0 Å². The Morgan fingerprint density at radius 2 is 1.70 bits per heavy atom. The second-order valence-corrected chi connectivity index (χ2v) is 13.5. The Morgan fingerprint density at radius 1 is 1.00 bits per heavy atom. The van der Waals surface area contributed by atoms with Crippen molar-refractivity contribution in [3.05, 3.63) is 36.4 Å². The van der Waals surface area contributed by atoms with Crippen LogP contribution in [0, 0.1) is 5.92 Å². The number of carbonyl (C=O) groups excluding carboxylic acids is 2. The number of nitrogens with one attached hydrogen (secondary N) is 2. The molecule has 2 amide bonds. The monoisotopic (exact) mass is 651 g/mol. The largest absolute Gasteiger partial charge is 0.490 e. The zero-order valence-corrected chi connectivity index (χ0v) is 28.8. The summed E-state index contributed by atoms with van der Waals surface area (Å²) in [5.41, 5.74) is 5.74. The average molecular weight is 652 g/mol. The van der Waals surface area contributed by atoms with Crippen molar-refractivity contribution in [2.75, 3.05) is 71.3 Å². The molecule has 0 aliphatic rings. The van der Waals surface area contributed by atoms with Gasteiger partial charge in [-0.25, -0.2) is 0 Å².